The molecule has 1 aliphatic carbocycles. The van der Waals surface area contributed by atoms with E-state index in [1.54, 1.807) is 4.90 Å². The molecule has 0 spiro atoms. The maximum atomic E-state index is 13.5. The number of urea groups is 1. The number of hydrogen-bond donors (Lipinski definition) is 2. The highest BCUT2D eigenvalue weighted by molar-refractivity contribution is 5.74. The van der Waals surface area contributed by atoms with Crippen LogP contribution in [-0.2, 0) is 12.6 Å². The van der Waals surface area contributed by atoms with E-state index in [0.29, 0.717) is 19.1 Å². The van der Waals surface area contributed by atoms with Crippen molar-refractivity contribution in [1.29, 1.82) is 0 Å². The van der Waals surface area contributed by atoms with Crippen molar-refractivity contribution in [3.8, 4) is 0 Å². The summed E-state index contributed by atoms with van der Waals surface area (Å²) in [7, 11) is 1.39. The Morgan fingerprint density at radius 3 is 2.43 bits per heavy atom. The maximum Gasteiger partial charge on any atom is 0.424 e. The molecule has 3 rings (SSSR count). The van der Waals surface area contributed by atoms with Crippen molar-refractivity contribution in [3.63, 3.8) is 0 Å². The molecule has 1 aliphatic heterocycles. The third-order valence-corrected chi connectivity index (χ3v) is 5.87. The largest absolute Gasteiger partial charge is 0.424 e. The van der Waals surface area contributed by atoms with Crippen LogP contribution in [0.15, 0.2) is 12.4 Å². The topological polar surface area (TPSA) is 73.6 Å². The first-order valence-electron chi connectivity index (χ1n) is 9.76. The van der Waals surface area contributed by atoms with E-state index in [-0.39, 0.29) is 6.54 Å². The predicted octanol–water partition coefficient (Wildman–Crippen LogP) is 1.83. The summed E-state index contributed by atoms with van der Waals surface area (Å²) in [4.78, 5) is 20.0. The first-order chi connectivity index (χ1) is 13.2. The van der Waals surface area contributed by atoms with Crippen molar-refractivity contribution >= 4 is 6.03 Å². The Labute approximate surface area is 162 Å². The fourth-order valence-corrected chi connectivity index (χ4v) is 4.17. The van der Waals surface area contributed by atoms with Crippen molar-refractivity contribution in [2.45, 2.75) is 49.9 Å². The van der Waals surface area contributed by atoms with E-state index in [1.807, 2.05) is 0 Å². The summed E-state index contributed by atoms with van der Waals surface area (Å²) < 4.78 is 41.6. The molecule has 1 unspecified atom stereocenters. The molecular weight excluding hydrogens is 375 g/mol. The number of piperazine rings is 1. The Morgan fingerprint density at radius 1 is 1.25 bits per heavy atom. The van der Waals surface area contributed by atoms with Gasteiger partial charge in [-0.15, -0.1) is 0 Å². The van der Waals surface area contributed by atoms with Gasteiger partial charge in [0.15, 0.2) is 0 Å². The molecule has 7 nitrogen and oxygen atoms in total. The molecular formula is C18H28F3N5O2. The summed E-state index contributed by atoms with van der Waals surface area (Å²) in [5.41, 5.74) is -3.11. The summed E-state index contributed by atoms with van der Waals surface area (Å²) in [6.07, 6.45) is 1.86. The average molecular weight is 403 g/mol. The van der Waals surface area contributed by atoms with E-state index in [9.17, 15) is 23.1 Å². The molecule has 1 aromatic heterocycles. The molecule has 2 fully saturated rings. The number of aryl methyl sites for hydroxylation is 1. The SMILES string of the molecule is Cn1ccnc1C(O)(CCNC(=O)N1CCN(C2CCCC2)CC1)C(F)(F)F. The summed E-state index contributed by atoms with van der Waals surface area (Å²) in [5.74, 6) is -0.487. The number of aliphatic hydroxyl groups is 1. The number of imidazole rings is 1. The molecule has 0 bridgehead atoms. The lowest BCUT2D eigenvalue weighted by atomic mass is 9.97. The number of halogens is 3. The number of nitrogens with zero attached hydrogens (tertiary/aromatic N) is 4. The molecule has 158 valence electrons. The molecule has 0 aromatic carbocycles. The number of carbonyl (C=O) groups excluding carboxylic acids is 1. The lowest BCUT2D eigenvalue weighted by Crippen LogP contribution is -2.54. The van der Waals surface area contributed by atoms with Gasteiger partial charge in [-0.25, -0.2) is 9.78 Å². The molecule has 1 aromatic rings. The Morgan fingerprint density at radius 2 is 1.89 bits per heavy atom. The highest BCUT2D eigenvalue weighted by atomic mass is 19.4. The van der Waals surface area contributed by atoms with Crippen molar-refractivity contribution < 1.29 is 23.1 Å². The predicted molar refractivity (Wildman–Crippen MR) is 96.6 cm³/mol. The zero-order valence-corrected chi connectivity index (χ0v) is 16.1. The molecule has 2 N–H and O–H groups in total. The fraction of sp³-hybridized carbons (Fsp3) is 0.778. The summed E-state index contributed by atoms with van der Waals surface area (Å²) in [5, 5.41) is 12.8. The lowest BCUT2D eigenvalue weighted by molar-refractivity contribution is -0.272. The Hall–Kier alpha value is -1.81. The average Bonchev–Trinajstić information content (AvgIpc) is 3.32. The minimum Gasteiger partial charge on any atom is -0.374 e. The van der Waals surface area contributed by atoms with Gasteiger partial charge in [0, 0.05) is 64.6 Å². The standard InChI is InChI=1S/C18H28F3N5O2/c1-24-9-8-22-15(24)17(28,18(19,20)21)6-7-23-16(27)26-12-10-25(11-13-26)14-4-2-3-5-14/h8-9,14,28H,2-7,10-13H2,1H3,(H,23,27). The molecule has 10 heteroatoms. The molecule has 0 radical (unpaired) electrons. The first-order valence-corrected chi connectivity index (χ1v) is 9.76. The van der Waals surface area contributed by atoms with Gasteiger partial charge in [-0.3, -0.25) is 4.90 Å². The third kappa shape index (κ3) is 4.27. The summed E-state index contributed by atoms with van der Waals surface area (Å²) in [6, 6.07) is 0.209. The van der Waals surface area contributed by atoms with Crippen molar-refractivity contribution in [2.75, 3.05) is 32.7 Å². The molecule has 2 aliphatic rings. The number of nitrogens with one attached hydrogen (secondary N) is 1. The van der Waals surface area contributed by atoms with Crippen LogP contribution in [0.25, 0.3) is 0 Å². The quantitative estimate of drug-likeness (QED) is 0.787. The second kappa shape index (κ2) is 8.28. The van der Waals surface area contributed by atoms with Crippen LogP contribution < -0.4 is 5.32 Å². The van der Waals surface area contributed by atoms with E-state index in [0.717, 1.165) is 17.7 Å². The van der Waals surface area contributed by atoms with Gasteiger partial charge in [0.25, 0.3) is 0 Å². The summed E-state index contributed by atoms with van der Waals surface area (Å²) >= 11 is 0. The highest BCUT2D eigenvalue weighted by Crippen LogP contribution is 2.40. The van der Waals surface area contributed by atoms with Crippen molar-refractivity contribution in [2.24, 2.45) is 7.05 Å². The van der Waals surface area contributed by atoms with Gasteiger partial charge in [0.1, 0.15) is 5.82 Å². The number of rotatable bonds is 5. The van der Waals surface area contributed by atoms with Crippen LogP contribution in [0.3, 0.4) is 0 Å². The van der Waals surface area contributed by atoms with E-state index in [1.165, 1.54) is 45.1 Å². The van der Waals surface area contributed by atoms with Gasteiger partial charge >= 0.3 is 12.2 Å². The van der Waals surface area contributed by atoms with E-state index in [2.05, 4.69) is 15.2 Å². The van der Waals surface area contributed by atoms with Crippen LogP contribution in [-0.4, -0.2) is 75.4 Å². The van der Waals surface area contributed by atoms with Gasteiger partial charge in [-0.2, -0.15) is 13.2 Å². The van der Waals surface area contributed by atoms with E-state index in [4.69, 9.17) is 0 Å². The molecule has 2 amide bonds. The number of alkyl halides is 3. The van der Waals surface area contributed by atoms with Crippen molar-refractivity contribution in [3.05, 3.63) is 18.2 Å². The number of hydrogen-bond acceptors (Lipinski definition) is 4. The number of carbonyl (C=O) groups is 1. The fourth-order valence-electron chi connectivity index (χ4n) is 4.17. The van der Waals surface area contributed by atoms with Crippen LogP contribution in [0.4, 0.5) is 18.0 Å². The highest BCUT2D eigenvalue weighted by Gasteiger charge is 2.57. The number of aromatic nitrogens is 2. The Bertz CT molecular complexity index is 666. The minimum absolute atomic E-state index is 0.301. The first kappa shape index (κ1) is 20.9. The smallest absolute Gasteiger partial charge is 0.374 e. The molecule has 28 heavy (non-hydrogen) atoms. The second-order valence-electron chi connectivity index (χ2n) is 7.66. The van der Waals surface area contributed by atoms with Crippen LogP contribution >= 0.6 is 0 Å². The van der Waals surface area contributed by atoms with Gasteiger partial charge in [0.05, 0.1) is 0 Å². The van der Waals surface area contributed by atoms with Crippen LogP contribution in [0.5, 0.6) is 0 Å². The lowest BCUT2D eigenvalue weighted by Gasteiger charge is -2.38. The van der Waals surface area contributed by atoms with Crippen LogP contribution in [0.1, 0.15) is 37.9 Å². The zero-order valence-electron chi connectivity index (χ0n) is 16.1. The van der Waals surface area contributed by atoms with Crippen LogP contribution in [0.2, 0.25) is 0 Å². The van der Waals surface area contributed by atoms with E-state index >= 15 is 0 Å². The van der Waals surface area contributed by atoms with Gasteiger partial charge in [-0.1, -0.05) is 12.8 Å². The summed E-state index contributed by atoms with van der Waals surface area (Å²) in [6.45, 7) is 2.40. The van der Waals surface area contributed by atoms with Gasteiger partial charge < -0.3 is 19.9 Å². The third-order valence-electron chi connectivity index (χ3n) is 5.87. The second-order valence-corrected chi connectivity index (χ2v) is 7.66. The zero-order chi connectivity index (χ0) is 20.4. The minimum atomic E-state index is -4.90. The van der Waals surface area contributed by atoms with Gasteiger partial charge in [-0.05, 0) is 12.8 Å². The monoisotopic (exact) mass is 403 g/mol. The van der Waals surface area contributed by atoms with Crippen LogP contribution in [0, 0.1) is 0 Å². The molecule has 1 saturated heterocycles. The van der Waals surface area contributed by atoms with Gasteiger partial charge in [0.2, 0.25) is 5.60 Å². The molecule has 1 saturated carbocycles. The molecule has 2 heterocycles. The molecule has 1 atom stereocenters. The maximum absolute atomic E-state index is 13.5. The Balaban J connectivity index is 1.51. The van der Waals surface area contributed by atoms with Crippen molar-refractivity contribution in [1.82, 2.24) is 24.7 Å². The number of amides is 2. The normalized spacial score (nSPS) is 21.7. The Kier molecular flexibility index (Phi) is 6.18. The van der Waals surface area contributed by atoms with E-state index < -0.39 is 30.1 Å².